The topological polar surface area (TPSA) is 73.0 Å². The molecule has 4 rings (SSSR count). The molecule has 1 aliphatic rings. The van der Waals surface area contributed by atoms with E-state index in [4.69, 9.17) is 9.40 Å². The van der Waals surface area contributed by atoms with Crippen LogP contribution in [0.1, 0.15) is 50.0 Å². The molecule has 3 aromatic rings. The van der Waals surface area contributed by atoms with Crippen molar-refractivity contribution >= 4 is 16.9 Å². The smallest absolute Gasteiger partial charge is 0.252 e. The summed E-state index contributed by atoms with van der Waals surface area (Å²) < 4.78 is 7.32. The predicted molar refractivity (Wildman–Crippen MR) is 95.3 cm³/mol. The predicted octanol–water partition coefficient (Wildman–Crippen LogP) is 3.80. The number of aromatic nitrogens is 3. The molecule has 0 radical (unpaired) electrons. The molecule has 1 N–H and O–H groups in total. The number of nitrogens with one attached hydrogen (secondary N) is 1. The summed E-state index contributed by atoms with van der Waals surface area (Å²) in [5, 5.41) is 8.33. The number of pyridine rings is 1. The van der Waals surface area contributed by atoms with Gasteiger partial charge in [-0.25, -0.2) is 9.67 Å². The van der Waals surface area contributed by atoms with Crippen LogP contribution in [0.5, 0.6) is 0 Å². The number of hydrogen-bond acceptors (Lipinski definition) is 4. The SMILES string of the molecule is CC(NC(=O)c1cc(-c2ccco2)nc2c1cnn2C(C)C)C1CC1. The fourth-order valence-corrected chi connectivity index (χ4v) is 3.13. The normalized spacial score (nSPS) is 15.7. The number of nitrogens with zero attached hydrogens (tertiary/aromatic N) is 3. The van der Waals surface area contributed by atoms with Crippen molar-refractivity contribution in [2.45, 2.75) is 45.7 Å². The molecule has 25 heavy (non-hydrogen) atoms. The van der Waals surface area contributed by atoms with Crippen molar-refractivity contribution in [3.63, 3.8) is 0 Å². The molecule has 0 bridgehead atoms. The molecule has 3 aromatic heterocycles. The van der Waals surface area contributed by atoms with Gasteiger partial charge in [0.1, 0.15) is 5.69 Å². The maximum Gasteiger partial charge on any atom is 0.252 e. The number of fused-ring (bicyclic) bond motifs is 1. The first-order valence-corrected chi connectivity index (χ1v) is 8.77. The first-order chi connectivity index (χ1) is 12.0. The van der Waals surface area contributed by atoms with Crippen LogP contribution in [0.4, 0.5) is 0 Å². The van der Waals surface area contributed by atoms with E-state index in [-0.39, 0.29) is 18.0 Å². The average molecular weight is 338 g/mol. The number of amides is 1. The summed E-state index contributed by atoms with van der Waals surface area (Å²) in [5.74, 6) is 1.16. The second kappa shape index (κ2) is 6.02. The fourth-order valence-electron chi connectivity index (χ4n) is 3.13. The second-order valence-corrected chi connectivity index (χ2v) is 7.05. The van der Waals surface area contributed by atoms with E-state index >= 15 is 0 Å². The summed E-state index contributed by atoms with van der Waals surface area (Å²) in [7, 11) is 0. The molecule has 1 atom stereocenters. The van der Waals surface area contributed by atoms with Crippen LogP contribution in [0.25, 0.3) is 22.5 Å². The van der Waals surface area contributed by atoms with E-state index in [1.54, 1.807) is 18.5 Å². The summed E-state index contributed by atoms with van der Waals surface area (Å²) in [6.45, 7) is 6.16. The van der Waals surface area contributed by atoms with Gasteiger partial charge in [-0.1, -0.05) is 0 Å². The Labute approximate surface area is 146 Å². The highest BCUT2D eigenvalue weighted by molar-refractivity contribution is 6.06. The van der Waals surface area contributed by atoms with Gasteiger partial charge in [-0.05, 0) is 57.7 Å². The third kappa shape index (κ3) is 2.92. The fraction of sp³-hybridized carbons (Fsp3) is 0.421. The maximum absolute atomic E-state index is 12.9. The molecule has 6 heteroatoms. The minimum absolute atomic E-state index is 0.0806. The summed E-state index contributed by atoms with van der Waals surface area (Å²) in [6.07, 6.45) is 5.72. The molecule has 1 amide bonds. The molecule has 1 aliphatic carbocycles. The van der Waals surface area contributed by atoms with E-state index in [1.165, 1.54) is 12.8 Å². The standard InChI is InChI=1S/C19H22N4O2/c1-11(2)23-18-15(10-20-23)14(19(24)21-12(3)13-6-7-13)9-16(22-18)17-5-4-8-25-17/h4-5,8-13H,6-7H2,1-3H3,(H,21,24). The van der Waals surface area contributed by atoms with Crippen LogP contribution in [0.3, 0.4) is 0 Å². The lowest BCUT2D eigenvalue weighted by molar-refractivity contribution is 0.0937. The third-order valence-electron chi connectivity index (χ3n) is 4.76. The molecule has 0 aliphatic heterocycles. The van der Waals surface area contributed by atoms with Gasteiger partial charge in [-0.15, -0.1) is 0 Å². The van der Waals surface area contributed by atoms with Crippen LogP contribution < -0.4 is 5.32 Å². The summed E-state index contributed by atoms with van der Waals surface area (Å²) in [5.41, 5.74) is 1.94. The lowest BCUT2D eigenvalue weighted by Gasteiger charge is -2.14. The molecule has 0 spiro atoms. The van der Waals surface area contributed by atoms with Gasteiger partial charge in [0.25, 0.3) is 5.91 Å². The van der Waals surface area contributed by atoms with Crippen LogP contribution in [0.15, 0.2) is 35.1 Å². The monoisotopic (exact) mass is 338 g/mol. The van der Waals surface area contributed by atoms with Crippen molar-refractivity contribution in [1.29, 1.82) is 0 Å². The quantitative estimate of drug-likeness (QED) is 0.768. The van der Waals surface area contributed by atoms with E-state index in [0.29, 0.717) is 28.6 Å². The molecule has 1 fully saturated rings. The van der Waals surface area contributed by atoms with Crippen LogP contribution in [-0.4, -0.2) is 26.7 Å². The Morgan fingerprint density at radius 1 is 1.36 bits per heavy atom. The van der Waals surface area contributed by atoms with Crippen LogP contribution >= 0.6 is 0 Å². The van der Waals surface area contributed by atoms with Crippen LogP contribution in [-0.2, 0) is 0 Å². The maximum atomic E-state index is 12.9. The zero-order chi connectivity index (χ0) is 17.6. The van der Waals surface area contributed by atoms with Crippen molar-refractivity contribution in [3.8, 4) is 11.5 Å². The Morgan fingerprint density at radius 2 is 2.16 bits per heavy atom. The Balaban J connectivity index is 1.82. The summed E-state index contributed by atoms with van der Waals surface area (Å²) in [4.78, 5) is 17.6. The molecule has 1 saturated carbocycles. The van der Waals surface area contributed by atoms with Gasteiger partial charge in [0.2, 0.25) is 0 Å². The van der Waals surface area contributed by atoms with Crippen molar-refractivity contribution in [2.24, 2.45) is 5.92 Å². The number of furan rings is 1. The van der Waals surface area contributed by atoms with Gasteiger partial charge < -0.3 is 9.73 Å². The lowest BCUT2D eigenvalue weighted by atomic mass is 10.1. The number of hydrogen-bond donors (Lipinski definition) is 1. The Bertz CT molecular complexity index is 907. The van der Waals surface area contributed by atoms with Gasteiger partial charge in [0.05, 0.1) is 23.4 Å². The minimum atomic E-state index is -0.0806. The van der Waals surface area contributed by atoms with Gasteiger partial charge in [-0.2, -0.15) is 5.10 Å². The Kier molecular flexibility index (Phi) is 3.82. The van der Waals surface area contributed by atoms with Crippen molar-refractivity contribution in [1.82, 2.24) is 20.1 Å². The van der Waals surface area contributed by atoms with E-state index in [2.05, 4.69) is 17.3 Å². The number of carbonyl (C=O) groups is 1. The summed E-state index contributed by atoms with van der Waals surface area (Å²) in [6, 6.07) is 5.79. The third-order valence-corrected chi connectivity index (χ3v) is 4.76. The molecule has 0 aromatic carbocycles. The molecular formula is C19H22N4O2. The average Bonchev–Trinajstić information content (AvgIpc) is 3.12. The van der Waals surface area contributed by atoms with E-state index in [9.17, 15) is 4.79 Å². The van der Waals surface area contributed by atoms with Crippen molar-refractivity contribution in [2.75, 3.05) is 0 Å². The van der Waals surface area contributed by atoms with Gasteiger partial charge in [0, 0.05) is 12.1 Å². The van der Waals surface area contributed by atoms with Crippen LogP contribution in [0.2, 0.25) is 0 Å². The van der Waals surface area contributed by atoms with Gasteiger partial charge in [0.15, 0.2) is 11.4 Å². The zero-order valence-corrected chi connectivity index (χ0v) is 14.7. The highest BCUT2D eigenvalue weighted by atomic mass is 16.3. The largest absolute Gasteiger partial charge is 0.463 e. The Morgan fingerprint density at radius 3 is 2.80 bits per heavy atom. The minimum Gasteiger partial charge on any atom is -0.463 e. The van der Waals surface area contributed by atoms with Gasteiger partial charge in [-0.3, -0.25) is 4.79 Å². The van der Waals surface area contributed by atoms with Gasteiger partial charge >= 0.3 is 0 Å². The molecular weight excluding hydrogens is 316 g/mol. The number of rotatable bonds is 5. The molecule has 0 saturated heterocycles. The number of carbonyl (C=O) groups excluding carboxylic acids is 1. The summed E-state index contributed by atoms with van der Waals surface area (Å²) >= 11 is 0. The molecule has 1 unspecified atom stereocenters. The van der Waals surface area contributed by atoms with E-state index < -0.39 is 0 Å². The lowest BCUT2D eigenvalue weighted by Crippen LogP contribution is -2.34. The second-order valence-electron chi connectivity index (χ2n) is 7.05. The van der Waals surface area contributed by atoms with Crippen molar-refractivity contribution in [3.05, 3.63) is 36.2 Å². The van der Waals surface area contributed by atoms with Crippen molar-refractivity contribution < 1.29 is 9.21 Å². The molecule has 130 valence electrons. The first kappa shape index (κ1) is 15.9. The Hall–Kier alpha value is -2.63. The highest BCUT2D eigenvalue weighted by Gasteiger charge is 2.30. The zero-order valence-electron chi connectivity index (χ0n) is 14.7. The molecule has 3 heterocycles. The molecule has 6 nitrogen and oxygen atoms in total. The first-order valence-electron chi connectivity index (χ1n) is 8.77. The van der Waals surface area contributed by atoms with E-state index in [0.717, 1.165) is 5.39 Å². The van der Waals surface area contributed by atoms with E-state index in [1.807, 2.05) is 30.7 Å². The highest BCUT2D eigenvalue weighted by Crippen LogP contribution is 2.33. The van der Waals surface area contributed by atoms with Crippen LogP contribution in [0, 0.1) is 5.92 Å².